The number of ether oxygens (including phenoxy) is 10. The highest BCUT2D eigenvalue weighted by molar-refractivity contribution is 7.99. The first-order valence-corrected chi connectivity index (χ1v) is 23.6. The van der Waals surface area contributed by atoms with Gasteiger partial charge in [0.05, 0.1) is 46.2 Å². The SMILES string of the molecule is COC(=O)[C@@H]1OC(Sc2ccccc2)[C@H](OC(=O)c2ccccc2)[C@@H](OCc2ccccc2)[C@@H]1O[C@H]1O[C@H](COCc2ccccc2)[C@@H](Oc2ccc(OC)cc2)[C@H](OCc2ccccc2)[C@H]1N=[N+]=[N-]. The number of methoxy groups -OCH3 is 2. The summed E-state index contributed by atoms with van der Waals surface area (Å²) in [7, 11) is 2.80. The quantitative estimate of drug-likeness (QED) is 0.0289. The van der Waals surface area contributed by atoms with Crippen LogP contribution in [0.25, 0.3) is 10.4 Å². The van der Waals surface area contributed by atoms with Crippen LogP contribution in [0.3, 0.4) is 0 Å². The van der Waals surface area contributed by atoms with E-state index in [0.717, 1.165) is 21.6 Å². The maximum atomic E-state index is 14.2. The van der Waals surface area contributed by atoms with Crippen molar-refractivity contribution >= 4 is 23.7 Å². The summed E-state index contributed by atoms with van der Waals surface area (Å²) in [6.45, 7) is 0.253. The highest BCUT2D eigenvalue weighted by atomic mass is 32.2. The Labute approximate surface area is 410 Å². The van der Waals surface area contributed by atoms with Gasteiger partial charge in [-0.05, 0) is 70.8 Å². The molecule has 70 heavy (non-hydrogen) atoms. The van der Waals surface area contributed by atoms with Crippen molar-refractivity contribution in [3.63, 3.8) is 0 Å². The molecular formula is C54H53N3O12S. The Kier molecular flexibility index (Phi) is 17.9. The zero-order valence-electron chi connectivity index (χ0n) is 38.5. The number of hydrogen-bond donors (Lipinski definition) is 0. The van der Waals surface area contributed by atoms with Crippen LogP contribution >= 0.6 is 11.8 Å². The van der Waals surface area contributed by atoms with E-state index < -0.39 is 72.4 Å². The first-order chi connectivity index (χ1) is 34.4. The minimum Gasteiger partial charge on any atom is -0.497 e. The molecule has 0 spiro atoms. The van der Waals surface area contributed by atoms with Gasteiger partial charge in [-0.2, -0.15) is 0 Å². The van der Waals surface area contributed by atoms with Crippen LogP contribution in [-0.4, -0.2) is 93.3 Å². The minimum atomic E-state index is -1.50. The Morgan fingerprint density at radius 1 is 0.614 bits per heavy atom. The number of hydrogen-bond acceptors (Lipinski definition) is 14. The van der Waals surface area contributed by atoms with Crippen LogP contribution in [0.4, 0.5) is 0 Å². The molecule has 0 bridgehead atoms. The third-order valence-electron chi connectivity index (χ3n) is 11.6. The molecule has 10 atom stereocenters. The number of thioether (sulfide) groups is 1. The summed E-state index contributed by atoms with van der Waals surface area (Å²) in [5.41, 5.74) is 12.1. The lowest BCUT2D eigenvalue weighted by Gasteiger charge is -2.49. The lowest BCUT2D eigenvalue weighted by atomic mass is 9.95. The van der Waals surface area contributed by atoms with Crippen LogP contribution in [0.5, 0.6) is 11.5 Å². The number of carbonyl (C=O) groups excluding carboxylic acids is 2. The van der Waals surface area contributed by atoms with Gasteiger partial charge in [0.25, 0.3) is 0 Å². The lowest BCUT2D eigenvalue weighted by molar-refractivity contribution is -0.318. The van der Waals surface area contributed by atoms with Gasteiger partial charge in [-0.1, -0.05) is 144 Å². The molecule has 0 saturated carbocycles. The maximum Gasteiger partial charge on any atom is 0.338 e. The molecule has 0 radical (unpaired) electrons. The average molecular weight is 968 g/mol. The highest BCUT2D eigenvalue weighted by Gasteiger charge is 2.57. The molecule has 2 fully saturated rings. The number of esters is 2. The fourth-order valence-corrected chi connectivity index (χ4v) is 9.20. The van der Waals surface area contributed by atoms with E-state index in [9.17, 15) is 15.1 Å². The van der Waals surface area contributed by atoms with E-state index in [4.69, 9.17) is 47.4 Å². The van der Waals surface area contributed by atoms with Gasteiger partial charge in [0.1, 0.15) is 47.4 Å². The lowest BCUT2D eigenvalue weighted by Crippen LogP contribution is -2.66. The van der Waals surface area contributed by atoms with Crippen LogP contribution in [0.2, 0.25) is 0 Å². The second kappa shape index (κ2) is 25.2. The summed E-state index contributed by atoms with van der Waals surface area (Å²) in [5, 5.41) is 4.27. The van der Waals surface area contributed by atoms with Gasteiger partial charge in [0.15, 0.2) is 24.6 Å². The fourth-order valence-electron chi connectivity index (χ4n) is 8.09. The fraction of sp³-hybridized carbons (Fsp3) is 0.296. The molecule has 0 aliphatic carbocycles. The number of nitrogens with zero attached hydrogens (tertiary/aromatic N) is 3. The first kappa shape index (κ1) is 49.7. The van der Waals surface area contributed by atoms with Crippen molar-refractivity contribution in [2.75, 3.05) is 20.8 Å². The van der Waals surface area contributed by atoms with Gasteiger partial charge in [-0.3, -0.25) is 0 Å². The van der Waals surface area contributed by atoms with Gasteiger partial charge in [0.2, 0.25) is 0 Å². The number of azide groups is 1. The molecule has 362 valence electrons. The molecule has 8 rings (SSSR count). The Balaban J connectivity index is 1.21. The van der Waals surface area contributed by atoms with Crippen molar-refractivity contribution in [3.05, 3.63) is 209 Å². The van der Waals surface area contributed by atoms with Crippen molar-refractivity contribution in [1.82, 2.24) is 0 Å². The maximum absolute atomic E-state index is 14.2. The van der Waals surface area contributed by atoms with Crippen molar-refractivity contribution < 1.29 is 57.0 Å². The Bertz CT molecular complexity index is 2580. The second-order valence-electron chi connectivity index (χ2n) is 16.2. The monoisotopic (exact) mass is 967 g/mol. The molecule has 2 aliphatic rings. The highest BCUT2D eigenvalue weighted by Crippen LogP contribution is 2.41. The summed E-state index contributed by atoms with van der Waals surface area (Å²) < 4.78 is 64.4. The molecule has 0 aromatic heterocycles. The third-order valence-corrected chi connectivity index (χ3v) is 12.7. The topological polar surface area (TPSA) is 175 Å². The van der Waals surface area contributed by atoms with E-state index in [1.54, 1.807) is 61.7 Å². The summed E-state index contributed by atoms with van der Waals surface area (Å²) in [4.78, 5) is 32.3. The summed E-state index contributed by atoms with van der Waals surface area (Å²) in [5.74, 6) is -0.411. The van der Waals surface area contributed by atoms with Crippen LogP contribution in [-0.2, 0) is 62.5 Å². The molecule has 16 heteroatoms. The van der Waals surface area contributed by atoms with Crippen molar-refractivity contribution in [2.45, 2.75) is 85.2 Å². The Morgan fingerprint density at radius 3 is 1.73 bits per heavy atom. The van der Waals surface area contributed by atoms with E-state index in [-0.39, 0.29) is 32.0 Å². The molecule has 0 amide bonds. The predicted molar refractivity (Wildman–Crippen MR) is 259 cm³/mol. The van der Waals surface area contributed by atoms with Gasteiger partial charge in [-0.15, -0.1) is 0 Å². The molecule has 6 aromatic carbocycles. The number of carbonyl (C=O) groups is 2. The Hall–Kier alpha value is -6.72. The van der Waals surface area contributed by atoms with Crippen LogP contribution in [0.1, 0.15) is 27.0 Å². The molecule has 15 nitrogen and oxygen atoms in total. The molecule has 6 aromatic rings. The van der Waals surface area contributed by atoms with E-state index in [1.807, 2.05) is 121 Å². The molecule has 2 saturated heterocycles. The summed E-state index contributed by atoms with van der Waals surface area (Å²) >= 11 is 1.24. The normalized spacial score (nSPS) is 24.1. The first-order valence-electron chi connectivity index (χ1n) is 22.7. The second-order valence-corrected chi connectivity index (χ2v) is 17.4. The molecule has 0 N–H and O–H groups in total. The van der Waals surface area contributed by atoms with E-state index in [1.165, 1.54) is 18.9 Å². The van der Waals surface area contributed by atoms with E-state index in [2.05, 4.69) is 10.0 Å². The van der Waals surface area contributed by atoms with E-state index >= 15 is 0 Å². The largest absolute Gasteiger partial charge is 0.497 e. The van der Waals surface area contributed by atoms with Gasteiger partial charge >= 0.3 is 11.9 Å². The summed E-state index contributed by atoms with van der Waals surface area (Å²) in [6.07, 6.45) is -9.89. The molecule has 2 heterocycles. The third kappa shape index (κ3) is 13.1. The zero-order chi connectivity index (χ0) is 48.5. The molecule has 1 unspecified atom stereocenters. The van der Waals surface area contributed by atoms with Crippen molar-refractivity contribution in [3.8, 4) is 11.5 Å². The Morgan fingerprint density at radius 2 is 1.16 bits per heavy atom. The van der Waals surface area contributed by atoms with E-state index in [0.29, 0.717) is 11.5 Å². The molecular weight excluding hydrogens is 915 g/mol. The van der Waals surface area contributed by atoms with Crippen molar-refractivity contribution in [2.24, 2.45) is 5.11 Å². The standard InChI is InChI=1S/C54H53N3O12S/c1-60-40-28-30-41(31-29-40)65-45-43(35-62-32-36-18-8-3-9-19-36)66-53(44(56-57-55)46(45)63-33-37-20-10-4-11-21-37)68-48-47(64-34-38-22-12-5-13-23-38)50(67-51(58)39-24-14-6-15-25-39)54(69-49(48)52(59)61-2)70-42-26-16-7-17-27-42/h3-31,43-50,53-54H,32-35H2,1-2H3/t43-,44-,45-,46-,47+,48+,49-,50-,53-,54?/m1/s1. The average Bonchev–Trinajstić information content (AvgIpc) is 3.41. The number of benzene rings is 6. The summed E-state index contributed by atoms with van der Waals surface area (Å²) in [6, 6.07) is 52.1. The zero-order valence-corrected chi connectivity index (χ0v) is 39.3. The van der Waals surface area contributed by atoms with Gasteiger partial charge in [0, 0.05) is 9.81 Å². The predicted octanol–water partition coefficient (Wildman–Crippen LogP) is 9.54. The van der Waals surface area contributed by atoms with Crippen LogP contribution in [0.15, 0.2) is 186 Å². The molecule has 2 aliphatic heterocycles. The minimum absolute atomic E-state index is 0.00318. The van der Waals surface area contributed by atoms with Crippen LogP contribution < -0.4 is 9.47 Å². The smallest absolute Gasteiger partial charge is 0.338 e. The van der Waals surface area contributed by atoms with Gasteiger partial charge in [-0.25, -0.2) is 9.59 Å². The van der Waals surface area contributed by atoms with Crippen molar-refractivity contribution in [1.29, 1.82) is 0 Å². The van der Waals surface area contributed by atoms with Gasteiger partial charge < -0.3 is 47.4 Å². The van der Waals surface area contributed by atoms with Crippen LogP contribution in [0, 0.1) is 0 Å². The number of rotatable bonds is 21.